The molecule has 0 aliphatic carbocycles. The molecule has 0 amide bonds. The Bertz CT molecular complexity index is 559. The van der Waals surface area contributed by atoms with Gasteiger partial charge in [0.15, 0.2) is 0 Å². The van der Waals surface area contributed by atoms with Crippen LogP contribution in [0.1, 0.15) is 11.1 Å². The van der Waals surface area contributed by atoms with Gasteiger partial charge in [-0.25, -0.2) is 0 Å². The molecule has 2 nitrogen and oxygen atoms in total. The summed E-state index contributed by atoms with van der Waals surface area (Å²) in [4.78, 5) is 0. The summed E-state index contributed by atoms with van der Waals surface area (Å²) >= 11 is 6.98. The van der Waals surface area contributed by atoms with E-state index in [-0.39, 0.29) is 0 Å². The number of hydrogen-bond acceptors (Lipinski definition) is 2. The van der Waals surface area contributed by atoms with Gasteiger partial charge in [-0.3, -0.25) is 0 Å². The average Bonchev–Trinajstić information content (AvgIpc) is 2.43. The lowest BCUT2D eigenvalue weighted by Crippen LogP contribution is -2.11. The maximum absolute atomic E-state index is 5.67. The molecule has 0 spiro atoms. The summed E-state index contributed by atoms with van der Waals surface area (Å²) in [6.45, 7) is 5.60. The summed E-state index contributed by atoms with van der Waals surface area (Å²) in [6, 6.07) is 12.1. The molecule has 0 aromatic heterocycles. The van der Waals surface area contributed by atoms with Gasteiger partial charge in [-0.15, -0.1) is 0 Å². The first-order chi connectivity index (χ1) is 9.56. The predicted octanol–water partition coefficient (Wildman–Crippen LogP) is 5.32. The minimum Gasteiger partial charge on any atom is -0.492 e. The zero-order valence-corrected chi connectivity index (χ0v) is 14.7. The van der Waals surface area contributed by atoms with Crippen molar-refractivity contribution < 1.29 is 4.74 Å². The van der Waals surface area contributed by atoms with Crippen LogP contribution in [0.2, 0.25) is 0 Å². The second kappa shape index (κ2) is 7.14. The highest BCUT2D eigenvalue weighted by Gasteiger charge is 2.02. The van der Waals surface area contributed by atoms with E-state index in [1.165, 1.54) is 15.6 Å². The number of nitrogens with one attached hydrogen (secondary N) is 1. The summed E-state index contributed by atoms with van der Waals surface area (Å²) in [6.07, 6.45) is 0. The molecule has 0 aliphatic rings. The summed E-state index contributed by atoms with van der Waals surface area (Å²) in [5.74, 6) is 0.887. The third kappa shape index (κ3) is 4.25. The average molecular weight is 399 g/mol. The van der Waals surface area contributed by atoms with E-state index in [0.717, 1.165) is 22.5 Å². The van der Waals surface area contributed by atoms with Crippen molar-refractivity contribution in [1.82, 2.24) is 0 Å². The zero-order chi connectivity index (χ0) is 14.5. The smallest absolute Gasteiger partial charge is 0.119 e. The minimum atomic E-state index is 0.635. The number of anilines is 1. The molecule has 0 aliphatic heterocycles. The van der Waals surface area contributed by atoms with Crippen molar-refractivity contribution in [1.29, 1.82) is 0 Å². The SMILES string of the molecule is Cc1cc(NCCOc2ccc(Br)cc2)cc(C)c1Br. The fourth-order valence-corrected chi connectivity index (χ4v) is 2.44. The number of ether oxygens (including phenoxy) is 1. The molecular weight excluding hydrogens is 382 g/mol. The van der Waals surface area contributed by atoms with Gasteiger partial charge in [0.1, 0.15) is 12.4 Å². The van der Waals surface area contributed by atoms with Gasteiger partial charge in [0.25, 0.3) is 0 Å². The van der Waals surface area contributed by atoms with Crippen LogP contribution in [-0.4, -0.2) is 13.2 Å². The summed E-state index contributed by atoms with van der Waals surface area (Å²) < 4.78 is 7.91. The molecule has 2 rings (SSSR count). The van der Waals surface area contributed by atoms with Crippen LogP contribution in [0.15, 0.2) is 45.3 Å². The van der Waals surface area contributed by atoms with E-state index in [0.29, 0.717) is 6.61 Å². The van der Waals surface area contributed by atoms with Crippen LogP contribution in [0.4, 0.5) is 5.69 Å². The van der Waals surface area contributed by atoms with Gasteiger partial charge in [0.05, 0.1) is 0 Å². The van der Waals surface area contributed by atoms with E-state index >= 15 is 0 Å². The van der Waals surface area contributed by atoms with Gasteiger partial charge in [0.2, 0.25) is 0 Å². The highest BCUT2D eigenvalue weighted by Crippen LogP contribution is 2.24. The quantitative estimate of drug-likeness (QED) is 0.688. The molecule has 0 unspecified atom stereocenters. The molecule has 0 bridgehead atoms. The van der Waals surface area contributed by atoms with Gasteiger partial charge in [-0.2, -0.15) is 0 Å². The molecule has 0 fully saturated rings. The molecule has 0 saturated heterocycles. The molecule has 0 saturated carbocycles. The molecule has 0 radical (unpaired) electrons. The molecule has 2 aromatic rings. The molecule has 20 heavy (non-hydrogen) atoms. The Morgan fingerprint density at radius 3 is 2.20 bits per heavy atom. The van der Waals surface area contributed by atoms with Crippen molar-refractivity contribution in [3.05, 3.63) is 56.5 Å². The molecule has 0 heterocycles. The lowest BCUT2D eigenvalue weighted by Gasteiger charge is -2.11. The topological polar surface area (TPSA) is 21.3 Å². The van der Waals surface area contributed by atoms with Crippen LogP contribution < -0.4 is 10.1 Å². The van der Waals surface area contributed by atoms with Crippen LogP contribution in [0.5, 0.6) is 5.75 Å². The highest BCUT2D eigenvalue weighted by molar-refractivity contribution is 9.10. The second-order valence-corrected chi connectivity index (χ2v) is 6.36. The monoisotopic (exact) mass is 397 g/mol. The second-order valence-electron chi connectivity index (χ2n) is 4.65. The van der Waals surface area contributed by atoms with Gasteiger partial charge >= 0.3 is 0 Å². The Hall–Kier alpha value is -1.00. The van der Waals surface area contributed by atoms with E-state index in [9.17, 15) is 0 Å². The fourth-order valence-electron chi connectivity index (χ4n) is 1.94. The van der Waals surface area contributed by atoms with Crippen molar-refractivity contribution >= 4 is 37.5 Å². The van der Waals surface area contributed by atoms with Gasteiger partial charge in [0, 0.05) is 21.2 Å². The third-order valence-electron chi connectivity index (χ3n) is 2.95. The van der Waals surface area contributed by atoms with Gasteiger partial charge in [-0.05, 0) is 61.4 Å². The van der Waals surface area contributed by atoms with Crippen molar-refractivity contribution in [3.8, 4) is 5.75 Å². The Labute approximate surface area is 136 Å². The lowest BCUT2D eigenvalue weighted by atomic mass is 10.1. The fraction of sp³-hybridized carbons (Fsp3) is 0.250. The number of halogens is 2. The standard InChI is InChI=1S/C16H17Br2NO/c1-11-9-14(10-12(2)16(11)18)19-7-8-20-15-5-3-13(17)4-6-15/h3-6,9-10,19H,7-8H2,1-2H3. The van der Waals surface area contributed by atoms with E-state index in [1.807, 2.05) is 24.3 Å². The molecule has 2 aromatic carbocycles. The maximum Gasteiger partial charge on any atom is 0.119 e. The molecule has 106 valence electrons. The van der Waals surface area contributed by atoms with Crippen molar-refractivity contribution in [2.45, 2.75) is 13.8 Å². The van der Waals surface area contributed by atoms with E-state index < -0.39 is 0 Å². The number of aryl methyl sites for hydroxylation is 2. The summed E-state index contributed by atoms with van der Waals surface area (Å²) in [7, 11) is 0. The molecule has 1 N–H and O–H groups in total. The Kier molecular flexibility index (Phi) is 5.49. The number of rotatable bonds is 5. The molecular formula is C16H17Br2NO. The van der Waals surface area contributed by atoms with Crippen LogP contribution in [0, 0.1) is 13.8 Å². The minimum absolute atomic E-state index is 0.635. The summed E-state index contributed by atoms with van der Waals surface area (Å²) in [5.41, 5.74) is 3.60. The van der Waals surface area contributed by atoms with Crippen LogP contribution >= 0.6 is 31.9 Å². The van der Waals surface area contributed by atoms with Crippen LogP contribution in [0.3, 0.4) is 0 Å². The van der Waals surface area contributed by atoms with E-state index in [2.05, 4.69) is 63.2 Å². The van der Waals surface area contributed by atoms with Crippen molar-refractivity contribution in [2.75, 3.05) is 18.5 Å². The van der Waals surface area contributed by atoms with Gasteiger partial charge in [-0.1, -0.05) is 31.9 Å². The Morgan fingerprint density at radius 1 is 1.00 bits per heavy atom. The lowest BCUT2D eigenvalue weighted by molar-refractivity contribution is 0.333. The number of hydrogen-bond donors (Lipinski definition) is 1. The van der Waals surface area contributed by atoms with E-state index in [4.69, 9.17) is 4.74 Å². The predicted molar refractivity (Wildman–Crippen MR) is 91.7 cm³/mol. The Balaban J connectivity index is 1.83. The van der Waals surface area contributed by atoms with Gasteiger partial charge < -0.3 is 10.1 Å². The first-order valence-corrected chi connectivity index (χ1v) is 8.04. The van der Waals surface area contributed by atoms with E-state index in [1.54, 1.807) is 0 Å². The normalized spacial score (nSPS) is 10.4. The van der Waals surface area contributed by atoms with Crippen molar-refractivity contribution in [2.24, 2.45) is 0 Å². The molecule has 4 heteroatoms. The van der Waals surface area contributed by atoms with Crippen molar-refractivity contribution in [3.63, 3.8) is 0 Å². The number of benzene rings is 2. The maximum atomic E-state index is 5.67. The first-order valence-electron chi connectivity index (χ1n) is 6.45. The highest BCUT2D eigenvalue weighted by atomic mass is 79.9. The first kappa shape index (κ1) is 15.4. The van der Waals surface area contributed by atoms with Crippen LogP contribution in [-0.2, 0) is 0 Å². The largest absolute Gasteiger partial charge is 0.492 e. The zero-order valence-electron chi connectivity index (χ0n) is 11.5. The third-order valence-corrected chi connectivity index (χ3v) is 4.73. The molecule has 0 atom stereocenters. The summed E-state index contributed by atoms with van der Waals surface area (Å²) in [5, 5.41) is 3.38. The van der Waals surface area contributed by atoms with Crippen LogP contribution in [0.25, 0.3) is 0 Å². The Morgan fingerprint density at radius 2 is 1.60 bits per heavy atom.